The fourth-order valence-electron chi connectivity index (χ4n) is 3.05. The number of aliphatic hydroxyl groups excluding tert-OH is 1. The number of piperidine rings is 1. The number of hydrogen-bond acceptors (Lipinski definition) is 5. The van der Waals surface area contributed by atoms with E-state index in [2.05, 4.69) is 6.07 Å². The van der Waals surface area contributed by atoms with E-state index in [-0.39, 0.29) is 17.3 Å². The van der Waals surface area contributed by atoms with Gasteiger partial charge >= 0.3 is 0 Å². The topological polar surface area (TPSA) is 69.0 Å². The summed E-state index contributed by atoms with van der Waals surface area (Å²) in [5.41, 5.74) is 1.14. The molecule has 2 saturated heterocycles. The van der Waals surface area contributed by atoms with Crippen LogP contribution < -0.4 is 0 Å². The Hall–Kier alpha value is -1.45. The number of aliphatic hydroxyl groups is 1. The zero-order valence-corrected chi connectivity index (χ0v) is 13.2. The molecule has 2 aliphatic rings. The first-order chi connectivity index (χ1) is 10.3. The molecule has 0 radical (unpaired) electrons. The molecule has 0 amide bonds. The molecule has 22 heavy (non-hydrogen) atoms. The predicted molar refractivity (Wildman–Crippen MR) is 80.7 cm³/mol. The minimum atomic E-state index is -0.900. The summed E-state index contributed by atoms with van der Waals surface area (Å²) in [6, 6.07) is 9.72. The van der Waals surface area contributed by atoms with Crippen molar-refractivity contribution in [2.45, 2.75) is 50.9 Å². The monoisotopic (exact) mass is 302 g/mol. The second kappa shape index (κ2) is 5.32. The number of rotatable bonds is 3. The lowest BCUT2D eigenvalue weighted by Crippen LogP contribution is -2.48. The van der Waals surface area contributed by atoms with Gasteiger partial charge in [0, 0.05) is 13.1 Å². The molecule has 2 aliphatic heterocycles. The van der Waals surface area contributed by atoms with Gasteiger partial charge in [0.15, 0.2) is 0 Å². The number of likely N-dealkylation sites (tertiary alicyclic amines) is 1. The number of nitrogens with zero attached hydrogens (tertiary/aromatic N) is 2. The average Bonchev–Trinajstić information content (AvgIpc) is 3.20. The molecule has 5 nitrogen and oxygen atoms in total. The van der Waals surface area contributed by atoms with Crippen LogP contribution in [0.3, 0.4) is 0 Å². The molecule has 0 aromatic heterocycles. The quantitative estimate of drug-likeness (QED) is 0.682. The summed E-state index contributed by atoms with van der Waals surface area (Å²) in [6.45, 7) is 7.14. The van der Waals surface area contributed by atoms with Crippen molar-refractivity contribution in [1.82, 2.24) is 4.90 Å². The fourth-order valence-corrected chi connectivity index (χ4v) is 3.05. The smallest absolute Gasteiger partial charge is 0.216 e. The van der Waals surface area contributed by atoms with Crippen molar-refractivity contribution < 1.29 is 14.6 Å². The Morgan fingerprint density at radius 3 is 2.64 bits per heavy atom. The van der Waals surface area contributed by atoms with Gasteiger partial charge in [-0.1, -0.05) is 12.1 Å². The normalized spacial score (nSPS) is 29.5. The lowest BCUT2D eigenvalue weighted by molar-refractivity contribution is -0.241. The van der Waals surface area contributed by atoms with Gasteiger partial charge in [-0.3, -0.25) is 4.90 Å². The first-order valence-electron chi connectivity index (χ1n) is 7.62. The van der Waals surface area contributed by atoms with E-state index in [0.29, 0.717) is 18.7 Å². The number of nitriles is 1. The molecule has 0 saturated carbocycles. The van der Waals surface area contributed by atoms with Crippen LogP contribution in [0.15, 0.2) is 24.3 Å². The molecule has 3 unspecified atom stereocenters. The van der Waals surface area contributed by atoms with Crippen molar-refractivity contribution in [3.8, 4) is 6.07 Å². The number of epoxide rings is 1. The van der Waals surface area contributed by atoms with Gasteiger partial charge in [-0.25, -0.2) is 0 Å². The summed E-state index contributed by atoms with van der Waals surface area (Å²) in [4.78, 5) is 1.91. The molecular formula is C17H22N2O3. The Labute approximate surface area is 131 Å². The summed E-state index contributed by atoms with van der Waals surface area (Å²) < 4.78 is 11.5. The van der Waals surface area contributed by atoms with E-state index in [1.165, 1.54) is 0 Å². The van der Waals surface area contributed by atoms with Crippen LogP contribution in [0.1, 0.15) is 38.3 Å². The second-order valence-electron chi connectivity index (χ2n) is 6.99. The van der Waals surface area contributed by atoms with Crippen LogP contribution in [0.5, 0.6) is 0 Å². The molecule has 0 aliphatic carbocycles. The van der Waals surface area contributed by atoms with Gasteiger partial charge in [-0.05, 0) is 44.9 Å². The number of fused-ring (bicyclic) bond motifs is 1. The summed E-state index contributed by atoms with van der Waals surface area (Å²) in [5, 5.41) is 19.1. The minimum absolute atomic E-state index is 0.0763. The van der Waals surface area contributed by atoms with Gasteiger partial charge in [-0.15, -0.1) is 0 Å². The molecule has 0 spiro atoms. The minimum Gasteiger partial charge on any atom is -0.360 e. The lowest BCUT2D eigenvalue weighted by atomic mass is 9.88. The van der Waals surface area contributed by atoms with Crippen molar-refractivity contribution in [2.24, 2.45) is 0 Å². The molecular weight excluding hydrogens is 280 g/mol. The summed E-state index contributed by atoms with van der Waals surface area (Å²) in [6.07, 6.45) is -0.00993. The van der Waals surface area contributed by atoms with Crippen LogP contribution in [0, 0.1) is 11.3 Å². The van der Waals surface area contributed by atoms with Gasteiger partial charge in [0.1, 0.15) is 11.7 Å². The van der Waals surface area contributed by atoms with E-state index in [0.717, 1.165) is 12.0 Å². The van der Waals surface area contributed by atoms with E-state index in [9.17, 15) is 5.11 Å². The van der Waals surface area contributed by atoms with E-state index < -0.39 is 6.41 Å². The molecule has 2 fully saturated rings. The molecule has 1 aromatic carbocycles. The number of benzene rings is 1. The van der Waals surface area contributed by atoms with Crippen LogP contribution in [0.2, 0.25) is 0 Å². The van der Waals surface area contributed by atoms with Crippen molar-refractivity contribution in [2.75, 3.05) is 13.1 Å². The predicted octanol–water partition coefficient (Wildman–Crippen LogP) is 1.95. The van der Waals surface area contributed by atoms with Crippen molar-refractivity contribution in [3.05, 3.63) is 35.4 Å². The van der Waals surface area contributed by atoms with Crippen molar-refractivity contribution in [1.29, 1.82) is 5.26 Å². The van der Waals surface area contributed by atoms with Gasteiger partial charge in [0.25, 0.3) is 0 Å². The SMILES string of the molecule is CC(C)(C)OC(O)N1CCC2(c3ccc(C#N)cc3)OC2C1. The van der Waals surface area contributed by atoms with E-state index in [1.54, 1.807) is 0 Å². The molecule has 3 rings (SSSR count). The third kappa shape index (κ3) is 2.88. The molecule has 118 valence electrons. The van der Waals surface area contributed by atoms with Crippen LogP contribution in [-0.4, -0.2) is 41.2 Å². The Morgan fingerprint density at radius 2 is 2.09 bits per heavy atom. The first-order valence-corrected chi connectivity index (χ1v) is 7.62. The third-order valence-electron chi connectivity index (χ3n) is 4.26. The molecule has 2 heterocycles. The summed E-state index contributed by atoms with van der Waals surface area (Å²) in [7, 11) is 0. The highest BCUT2D eigenvalue weighted by Gasteiger charge is 2.60. The van der Waals surface area contributed by atoms with Crippen molar-refractivity contribution in [3.63, 3.8) is 0 Å². The maximum atomic E-state index is 10.2. The molecule has 1 aromatic rings. The maximum Gasteiger partial charge on any atom is 0.216 e. The van der Waals surface area contributed by atoms with Gasteiger partial charge in [0.2, 0.25) is 6.41 Å². The van der Waals surface area contributed by atoms with Gasteiger partial charge in [0.05, 0.1) is 17.2 Å². The average molecular weight is 302 g/mol. The zero-order chi connectivity index (χ0) is 16.0. The Balaban J connectivity index is 1.65. The van der Waals surface area contributed by atoms with Crippen LogP contribution >= 0.6 is 0 Å². The molecule has 3 atom stereocenters. The maximum absolute atomic E-state index is 10.2. The standard InChI is InChI=1S/C17H22N2O3/c1-16(2,3)22-15(20)19-9-8-17(14(11-19)21-17)13-6-4-12(10-18)5-7-13/h4-7,14-15,20H,8-9,11H2,1-3H3. The second-order valence-corrected chi connectivity index (χ2v) is 6.99. The highest BCUT2D eigenvalue weighted by atomic mass is 16.6. The number of ether oxygens (including phenoxy) is 2. The molecule has 1 N–H and O–H groups in total. The van der Waals surface area contributed by atoms with Crippen LogP contribution in [-0.2, 0) is 15.1 Å². The van der Waals surface area contributed by atoms with Crippen molar-refractivity contribution >= 4 is 0 Å². The number of hydrogen-bond donors (Lipinski definition) is 1. The summed E-state index contributed by atoms with van der Waals surface area (Å²) >= 11 is 0. The van der Waals surface area contributed by atoms with E-state index >= 15 is 0 Å². The summed E-state index contributed by atoms with van der Waals surface area (Å²) in [5.74, 6) is 0. The fraction of sp³-hybridized carbons (Fsp3) is 0.588. The lowest BCUT2D eigenvalue weighted by Gasteiger charge is -2.35. The van der Waals surface area contributed by atoms with Crippen LogP contribution in [0.25, 0.3) is 0 Å². The van der Waals surface area contributed by atoms with E-state index in [4.69, 9.17) is 14.7 Å². The van der Waals surface area contributed by atoms with E-state index in [1.807, 2.05) is 49.9 Å². The first kappa shape index (κ1) is 15.4. The highest BCUT2D eigenvalue weighted by molar-refractivity contribution is 5.37. The Bertz CT molecular complexity index is 587. The van der Waals surface area contributed by atoms with Gasteiger partial charge < -0.3 is 14.6 Å². The Kier molecular flexibility index (Phi) is 3.74. The third-order valence-corrected chi connectivity index (χ3v) is 4.26. The molecule has 0 bridgehead atoms. The largest absolute Gasteiger partial charge is 0.360 e. The zero-order valence-electron chi connectivity index (χ0n) is 13.2. The Morgan fingerprint density at radius 1 is 1.41 bits per heavy atom. The van der Waals surface area contributed by atoms with Gasteiger partial charge in [-0.2, -0.15) is 5.26 Å². The molecule has 5 heteroatoms. The van der Waals surface area contributed by atoms with Crippen LogP contribution in [0.4, 0.5) is 0 Å². The highest BCUT2D eigenvalue weighted by Crippen LogP contribution is 2.52.